The molecule has 9 heteroatoms. The van der Waals surface area contributed by atoms with Crippen LogP contribution in [-0.4, -0.2) is 15.9 Å². The van der Waals surface area contributed by atoms with Gasteiger partial charge in [0, 0.05) is 30.7 Å². The van der Waals surface area contributed by atoms with E-state index in [1.165, 1.54) is 43.6 Å². The highest BCUT2D eigenvalue weighted by molar-refractivity contribution is 6.07. The van der Waals surface area contributed by atoms with E-state index >= 15 is 0 Å². The van der Waals surface area contributed by atoms with Gasteiger partial charge in [-0.2, -0.15) is 13.2 Å². The maximum atomic E-state index is 13.1. The zero-order valence-corrected chi connectivity index (χ0v) is 15.3. The Bertz CT molecular complexity index is 1070. The van der Waals surface area contributed by atoms with Crippen molar-refractivity contribution in [3.8, 4) is 0 Å². The minimum atomic E-state index is -4.51. The van der Waals surface area contributed by atoms with Crippen LogP contribution >= 0.6 is 0 Å². The molecule has 150 valence electrons. The number of aromatic nitrogens is 2. The van der Waals surface area contributed by atoms with Crippen molar-refractivity contribution in [3.05, 3.63) is 87.5 Å². The fraction of sp³-hybridized carbons (Fsp3) is 0.150. The molecular formula is C20H17F3N4O2. The number of alkyl halides is 3. The minimum absolute atomic E-state index is 0.0695. The number of nitrogens with one attached hydrogen (secondary N) is 3. The Kier molecular flexibility index (Phi) is 5.67. The van der Waals surface area contributed by atoms with Gasteiger partial charge in [-0.25, -0.2) is 4.98 Å². The number of rotatable bonds is 5. The number of pyridine rings is 2. The average molecular weight is 402 g/mol. The highest BCUT2D eigenvalue weighted by Gasteiger charge is 2.33. The van der Waals surface area contributed by atoms with Crippen LogP contribution in [-0.2, 0) is 12.7 Å². The summed E-state index contributed by atoms with van der Waals surface area (Å²) in [5.41, 5.74) is -0.106. The standard InChI is InChI=1S/C20H17F3N4O2/c1-12-15(20(21,22)23)5-2-6-16(12)27-19(29)14-4-3-9-24-18(14)26-11-13-7-8-17(28)25-10-13/h2-10H,11H2,1H3,(H,24,26)(H,25,28)(H,27,29). The Morgan fingerprint density at radius 2 is 1.93 bits per heavy atom. The molecule has 0 atom stereocenters. The number of carbonyl (C=O) groups is 1. The molecule has 0 aliphatic rings. The molecule has 1 amide bonds. The van der Waals surface area contributed by atoms with Crippen molar-refractivity contribution in [2.75, 3.05) is 10.6 Å². The molecule has 0 saturated heterocycles. The lowest BCUT2D eigenvalue weighted by molar-refractivity contribution is -0.138. The van der Waals surface area contributed by atoms with Crippen molar-refractivity contribution in [1.82, 2.24) is 9.97 Å². The van der Waals surface area contributed by atoms with E-state index in [0.717, 1.165) is 11.6 Å². The lowest BCUT2D eigenvalue weighted by Crippen LogP contribution is -2.18. The molecule has 2 aromatic heterocycles. The van der Waals surface area contributed by atoms with E-state index in [-0.39, 0.29) is 34.7 Å². The molecule has 2 heterocycles. The zero-order chi connectivity index (χ0) is 21.0. The summed E-state index contributed by atoms with van der Waals surface area (Å²) >= 11 is 0. The Hall–Kier alpha value is -3.62. The van der Waals surface area contributed by atoms with Crippen LogP contribution in [0.4, 0.5) is 24.7 Å². The van der Waals surface area contributed by atoms with Crippen LogP contribution in [0.5, 0.6) is 0 Å². The highest BCUT2D eigenvalue weighted by Crippen LogP contribution is 2.34. The molecule has 0 aliphatic carbocycles. The van der Waals surface area contributed by atoms with E-state index in [9.17, 15) is 22.8 Å². The number of halogens is 3. The number of nitrogens with zero attached hydrogens (tertiary/aromatic N) is 1. The van der Waals surface area contributed by atoms with Crippen molar-refractivity contribution in [3.63, 3.8) is 0 Å². The monoisotopic (exact) mass is 402 g/mol. The maximum absolute atomic E-state index is 13.1. The largest absolute Gasteiger partial charge is 0.416 e. The van der Waals surface area contributed by atoms with Gasteiger partial charge in [-0.3, -0.25) is 9.59 Å². The molecule has 3 rings (SSSR count). The minimum Gasteiger partial charge on any atom is -0.365 e. The van der Waals surface area contributed by atoms with Crippen LogP contribution in [0.25, 0.3) is 0 Å². The van der Waals surface area contributed by atoms with Crippen LogP contribution in [0.15, 0.2) is 59.7 Å². The number of anilines is 2. The molecule has 3 aromatic rings. The first-order valence-electron chi connectivity index (χ1n) is 8.60. The van der Waals surface area contributed by atoms with Gasteiger partial charge in [0.2, 0.25) is 5.56 Å². The smallest absolute Gasteiger partial charge is 0.365 e. The Balaban J connectivity index is 1.80. The summed E-state index contributed by atoms with van der Waals surface area (Å²) in [6.45, 7) is 1.59. The summed E-state index contributed by atoms with van der Waals surface area (Å²) in [4.78, 5) is 30.5. The van der Waals surface area contributed by atoms with Gasteiger partial charge in [-0.15, -0.1) is 0 Å². The molecule has 6 nitrogen and oxygen atoms in total. The molecule has 0 aliphatic heterocycles. The number of H-pyrrole nitrogens is 1. The molecule has 0 unspecified atom stereocenters. The first-order chi connectivity index (χ1) is 13.8. The molecule has 0 bridgehead atoms. The quantitative estimate of drug-likeness (QED) is 0.603. The van der Waals surface area contributed by atoms with Crippen molar-refractivity contribution >= 4 is 17.4 Å². The van der Waals surface area contributed by atoms with E-state index in [0.29, 0.717) is 0 Å². The summed E-state index contributed by atoms with van der Waals surface area (Å²) in [6.07, 6.45) is -1.49. The average Bonchev–Trinajstić information content (AvgIpc) is 2.68. The van der Waals surface area contributed by atoms with Gasteiger partial charge in [0.1, 0.15) is 5.82 Å². The summed E-state index contributed by atoms with van der Waals surface area (Å²) in [7, 11) is 0. The Morgan fingerprint density at radius 3 is 2.62 bits per heavy atom. The second kappa shape index (κ2) is 8.17. The Morgan fingerprint density at radius 1 is 1.14 bits per heavy atom. The summed E-state index contributed by atoms with van der Waals surface area (Å²) in [5, 5.41) is 5.51. The van der Waals surface area contributed by atoms with Crippen LogP contribution in [0.3, 0.4) is 0 Å². The van der Waals surface area contributed by atoms with E-state index in [1.54, 1.807) is 12.1 Å². The first kappa shape index (κ1) is 20.1. The van der Waals surface area contributed by atoms with E-state index in [4.69, 9.17) is 0 Å². The van der Waals surface area contributed by atoms with Gasteiger partial charge in [0.25, 0.3) is 5.91 Å². The predicted molar refractivity (Wildman–Crippen MR) is 103 cm³/mol. The maximum Gasteiger partial charge on any atom is 0.416 e. The van der Waals surface area contributed by atoms with Gasteiger partial charge < -0.3 is 15.6 Å². The lowest BCUT2D eigenvalue weighted by Gasteiger charge is -2.15. The summed E-state index contributed by atoms with van der Waals surface area (Å²) in [6, 6.07) is 9.68. The van der Waals surface area contributed by atoms with E-state index in [1.807, 2.05) is 0 Å². The molecule has 29 heavy (non-hydrogen) atoms. The number of benzene rings is 1. The number of hydrogen-bond donors (Lipinski definition) is 3. The third-order valence-electron chi connectivity index (χ3n) is 4.25. The fourth-order valence-corrected chi connectivity index (χ4v) is 2.74. The van der Waals surface area contributed by atoms with Crippen LogP contribution in [0.1, 0.15) is 27.0 Å². The van der Waals surface area contributed by atoms with Gasteiger partial charge >= 0.3 is 6.18 Å². The van der Waals surface area contributed by atoms with Crippen molar-refractivity contribution in [2.45, 2.75) is 19.6 Å². The zero-order valence-electron chi connectivity index (χ0n) is 15.3. The van der Waals surface area contributed by atoms with Crippen LogP contribution in [0.2, 0.25) is 0 Å². The topological polar surface area (TPSA) is 86.9 Å². The number of amides is 1. The van der Waals surface area contributed by atoms with E-state index < -0.39 is 17.6 Å². The molecular weight excluding hydrogens is 385 g/mol. The predicted octanol–water partition coefficient (Wildman–Crippen LogP) is 3.96. The Labute approximate surface area is 163 Å². The number of carbonyl (C=O) groups excluding carboxylic acids is 1. The molecule has 0 radical (unpaired) electrons. The summed E-state index contributed by atoms with van der Waals surface area (Å²) in [5.74, 6) is -0.328. The second-order valence-electron chi connectivity index (χ2n) is 6.24. The highest BCUT2D eigenvalue weighted by atomic mass is 19.4. The normalized spacial score (nSPS) is 11.2. The molecule has 0 spiro atoms. The number of hydrogen-bond acceptors (Lipinski definition) is 4. The van der Waals surface area contributed by atoms with Crippen molar-refractivity contribution in [2.24, 2.45) is 0 Å². The first-order valence-corrected chi connectivity index (χ1v) is 8.60. The van der Waals surface area contributed by atoms with E-state index in [2.05, 4.69) is 20.6 Å². The van der Waals surface area contributed by atoms with Crippen LogP contribution < -0.4 is 16.2 Å². The van der Waals surface area contributed by atoms with Gasteiger partial charge in [-0.05, 0) is 42.3 Å². The van der Waals surface area contributed by atoms with Gasteiger partial charge in [0.05, 0.1) is 11.1 Å². The number of aromatic amines is 1. The molecule has 1 aromatic carbocycles. The molecule has 3 N–H and O–H groups in total. The second-order valence-corrected chi connectivity index (χ2v) is 6.24. The third kappa shape index (κ3) is 4.81. The van der Waals surface area contributed by atoms with Crippen LogP contribution in [0, 0.1) is 6.92 Å². The van der Waals surface area contributed by atoms with Gasteiger partial charge in [0.15, 0.2) is 0 Å². The van der Waals surface area contributed by atoms with Crippen molar-refractivity contribution < 1.29 is 18.0 Å². The van der Waals surface area contributed by atoms with Crippen molar-refractivity contribution in [1.29, 1.82) is 0 Å². The summed E-state index contributed by atoms with van der Waals surface area (Å²) < 4.78 is 39.3. The SMILES string of the molecule is Cc1c(NC(=O)c2cccnc2NCc2ccc(=O)[nH]c2)cccc1C(F)(F)F. The lowest BCUT2D eigenvalue weighted by atomic mass is 10.1. The third-order valence-corrected chi connectivity index (χ3v) is 4.25. The van der Waals surface area contributed by atoms with Gasteiger partial charge in [-0.1, -0.05) is 12.1 Å². The molecule has 0 saturated carbocycles. The molecule has 0 fully saturated rings. The fourth-order valence-electron chi connectivity index (χ4n) is 2.74.